The summed E-state index contributed by atoms with van der Waals surface area (Å²) in [5.74, 6) is 1.35. The van der Waals surface area contributed by atoms with Crippen LogP contribution < -0.4 is 0 Å². The summed E-state index contributed by atoms with van der Waals surface area (Å²) in [4.78, 5) is 25.9. The van der Waals surface area contributed by atoms with Gasteiger partial charge in [0.2, 0.25) is 0 Å². The Morgan fingerprint density at radius 1 is 1.12 bits per heavy atom. The van der Waals surface area contributed by atoms with E-state index in [1.165, 1.54) is 6.42 Å². The Morgan fingerprint density at radius 3 is 2.50 bits per heavy atom. The van der Waals surface area contributed by atoms with Gasteiger partial charge >= 0.3 is 5.97 Å². The number of rotatable bonds is 2. The minimum Gasteiger partial charge on any atom is -0.466 e. The highest BCUT2D eigenvalue weighted by molar-refractivity contribution is 9.10. The van der Waals surface area contributed by atoms with Gasteiger partial charge in [-0.2, -0.15) is 0 Å². The average molecular weight is 425 g/mol. The number of fused-ring (bicyclic) bond motifs is 3. The van der Waals surface area contributed by atoms with Gasteiger partial charge in [-0.3, -0.25) is 9.59 Å². The molecule has 4 saturated carbocycles. The summed E-state index contributed by atoms with van der Waals surface area (Å²) in [5, 5.41) is 0. The lowest BCUT2D eigenvalue weighted by Gasteiger charge is -2.64. The zero-order chi connectivity index (χ0) is 19.0. The second-order valence-electron chi connectivity index (χ2n) is 10.4. The zero-order valence-corrected chi connectivity index (χ0v) is 18.3. The molecule has 0 aromatic rings. The quantitative estimate of drug-likeness (QED) is 0.446. The van der Waals surface area contributed by atoms with Crippen LogP contribution in [0.25, 0.3) is 0 Å². The number of hydrogen-bond donors (Lipinski definition) is 0. The van der Waals surface area contributed by atoms with E-state index in [1.54, 1.807) is 0 Å². The van der Waals surface area contributed by atoms with E-state index in [0.717, 1.165) is 44.9 Å². The molecule has 0 aromatic carbocycles. The second-order valence-corrected chi connectivity index (χ2v) is 11.3. The molecule has 0 aromatic heterocycles. The Balaban J connectivity index is 1.74. The molecule has 4 aliphatic rings. The zero-order valence-electron chi connectivity index (χ0n) is 16.7. The van der Waals surface area contributed by atoms with E-state index in [4.69, 9.17) is 4.74 Å². The number of esters is 1. The molecule has 4 fully saturated rings. The predicted molar refractivity (Wildman–Crippen MR) is 105 cm³/mol. The van der Waals surface area contributed by atoms with Crippen LogP contribution in [0.3, 0.4) is 0 Å². The summed E-state index contributed by atoms with van der Waals surface area (Å²) < 4.78 is 5.53. The molecule has 3 nitrogen and oxygen atoms in total. The maximum absolute atomic E-state index is 13.0. The summed E-state index contributed by atoms with van der Waals surface area (Å²) in [5.41, 5.74) is -0.263. The second kappa shape index (κ2) is 5.81. The third kappa shape index (κ3) is 2.17. The van der Waals surface area contributed by atoms with Gasteiger partial charge in [-0.15, -0.1) is 0 Å². The van der Waals surface area contributed by atoms with Crippen molar-refractivity contribution < 1.29 is 14.3 Å². The fourth-order valence-electron chi connectivity index (χ4n) is 8.04. The summed E-state index contributed by atoms with van der Waals surface area (Å²) >= 11 is 3.86. The largest absolute Gasteiger partial charge is 0.466 e. The van der Waals surface area contributed by atoms with Gasteiger partial charge in [-0.05, 0) is 81.5 Å². The van der Waals surface area contributed by atoms with E-state index in [1.807, 2.05) is 6.92 Å². The first-order chi connectivity index (χ1) is 12.1. The molecule has 4 rings (SSSR count). The van der Waals surface area contributed by atoms with E-state index in [-0.39, 0.29) is 32.5 Å². The lowest BCUT2D eigenvalue weighted by molar-refractivity contribution is -0.186. The van der Waals surface area contributed by atoms with Crippen molar-refractivity contribution in [2.75, 3.05) is 6.61 Å². The van der Waals surface area contributed by atoms with Crippen LogP contribution in [0.4, 0.5) is 0 Å². The molecular weight excluding hydrogens is 392 g/mol. The van der Waals surface area contributed by atoms with Crippen LogP contribution in [0, 0.1) is 33.5 Å². The first-order valence-corrected chi connectivity index (χ1v) is 11.4. The van der Waals surface area contributed by atoms with Gasteiger partial charge in [0.05, 0.1) is 16.8 Å². The predicted octanol–water partition coefficient (Wildman–Crippen LogP) is 5.30. The fourth-order valence-corrected chi connectivity index (χ4v) is 9.30. The number of carbonyl (C=O) groups excluding carboxylic acids is 2. The Kier molecular flexibility index (Phi) is 4.24. The highest BCUT2D eigenvalue weighted by Crippen LogP contribution is 2.74. The van der Waals surface area contributed by atoms with Crippen molar-refractivity contribution in [3.05, 3.63) is 0 Å². The maximum Gasteiger partial charge on any atom is 0.312 e. The smallest absolute Gasteiger partial charge is 0.312 e. The Labute approximate surface area is 166 Å². The number of alkyl halides is 1. The van der Waals surface area contributed by atoms with E-state index < -0.39 is 0 Å². The summed E-state index contributed by atoms with van der Waals surface area (Å²) in [6, 6.07) is 0. The number of ether oxygens (including phenoxy) is 1. The number of hydrogen-bond acceptors (Lipinski definition) is 3. The van der Waals surface area contributed by atoms with Crippen LogP contribution in [0.2, 0.25) is 0 Å². The molecule has 26 heavy (non-hydrogen) atoms. The molecule has 0 N–H and O–H groups in total. The highest BCUT2D eigenvalue weighted by Gasteiger charge is 2.71. The van der Waals surface area contributed by atoms with Crippen LogP contribution in [0.1, 0.15) is 79.1 Å². The van der Waals surface area contributed by atoms with Gasteiger partial charge in [0.1, 0.15) is 0 Å². The highest BCUT2D eigenvalue weighted by atomic mass is 79.9. The molecule has 0 aliphatic heterocycles. The van der Waals surface area contributed by atoms with Crippen LogP contribution in [-0.4, -0.2) is 23.2 Å². The average Bonchev–Trinajstić information content (AvgIpc) is 2.72. The van der Waals surface area contributed by atoms with Gasteiger partial charge in [0.25, 0.3) is 0 Å². The summed E-state index contributed by atoms with van der Waals surface area (Å²) in [6.07, 6.45) is 8.53. The first kappa shape index (κ1) is 19.0. The molecule has 0 radical (unpaired) electrons. The van der Waals surface area contributed by atoms with Crippen LogP contribution in [0.15, 0.2) is 0 Å². The molecule has 1 unspecified atom stereocenters. The van der Waals surface area contributed by atoms with Gasteiger partial charge in [0, 0.05) is 5.41 Å². The summed E-state index contributed by atoms with van der Waals surface area (Å²) in [6.45, 7) is 9.14. The Morgan fingerprint density at radius 2 is 1.81 bits per heavy atom. The van der Waals surface area contributed by atoms with Crippen molar-refractivity contribution in [1.29, 1.82) is 0 Å². The van der Waals surface area contributed by atoms with Gasteiger partial charge < -0.3 is 4.74 Å². The van der Waals surface area contributed by atoms with Crippen molar-refractivity contribution in [2.24, 2.45) is 33.5 Å². The van der Waals surface area contributed by atoms with Crippen molar-refractivity contribution in [2.45, 2.75) is 83.9 Å². The molecule has 4 aliphatic carbocycles. The topological polar surface area (TPSA) is 43.4 Å². The van der Waals surface area contributed by atoms with E-state index in [9.17, 15) is 9.59 Å². The van der Waals surface area contributed by atoms with Crippen LogP contribution >= 0.6 is 15.9 Å². The van der Waals surface area contributed by atoms with Crippen molar-refractivity contribution >= 4 is 27.7 Å². The fraction of sp³-hybridized carbons (Fsp3) is 0.909. The maximum atomic E-state index is 13.0. The monoisotopic (exact) mass is 424 g/mol. The van der Waals surface area contributed by atoms with E-state index in [0.29, 0.717) is 24.2 Å². The number of halogens is 1. The number of carbonyl (C=O) groups is 2. The standard InChI is InChI=1S/C22H33BrO3/c1-5-26-18(25)21(4)10-6-9-20(3)14(21)8-12-22-13-19(2,11-7-15(20)22)17(24)16(22)23/h14-16H,5-13H2,1-4H3/t14-,15-,16?,19-,20+,21+,22-/m0/s1. The molecule has 4 heteroatoms. The normalized spacial score (nSPS) is 53.0. The third-order valence-electron chi connectivity index (χ3n) is 9.14. The molecule has 2 bridgehead atoms. The van der Waals surface area contributed by atoms with Crippen molar-refractivity contribution in [1.82, 2.24) is 0 Å². The molecule has 0 heterocycles. The van der Waals surface area contributed by atoms with E-state index >= 15 is 0 Å². The van der Waals surface area contributed by atoms with Crippen LogP contribution in [-0.2, 0) is 14.3 Å². The summed E-state index contributed by atoms with van der Waals surface area (Å²) in [7, 11) is 0. The molecular formula is C22H33BrO3. The van der Waals surface area contributed by atoms with Gasteiger partial charge in [-0.25, -0.2) is 0 Å². The molecule has 146 valence electrons. The third-order valence-corrected chi connectivity index (χ3v) is 10.5. The Bertz CT molecular complexity index is 647. The van der Waals surface area contributed by atoms with Crippen molar-refractivity contribution in [3.63, 3.8) is 0 Å². The minimum atomic E-state index is -0.365. The number of Topliss-reactive ketones (excluding diaryl/α,β-unsaturated/α-hetero) is 1. The number of ketones is 1. The van der Waals surface area contributed by atoms with Gasteiger partial charge in [-0.1, -0.05) is 36.2 Å². The Hall–Kier alpha value is -0.380. The minimum absolute atomic E-state index is 0.000973. The molecule has 1 spiro atoms. The lowest BCUT2D eigenvalue weighted by atomic mass is 9.40. The van der Waals surface area contributed by atoms with Gasteiger partial charge in [0.15, 0.2) is 5.78 Å². The first-order valence-electron chi connectivity index (χ1n) is 10.5. The van der Waals surface area contributed by atoms with Crippen LogP contribution in [0.5, 0.6) is 0 Å². The SMILES string of the molecule is CCOC(=O)[C@]1(C)CCC[C@@]2(C)[C@@H]3CC[C@@]4(C)C[C@]3(CC[C@@H]21)C(Br)C4=O. The van der Waals surface area contributed by atoms with E-state index in [2.05, 4.69) is 36.7 Å². The molecule has 7 atom stereocenters. The molecule has 0 saturated heterocycles. The van der Waals surface area contributed by atoms with Crippen molar-refractivity contribution in [3.8, 4) is 0 Å². The lowest BCUT2D eigenvalue weighted by Crippen LogP contribution is -2.60. The molecule has 0 amide bonds.